The number of likely N-dealkylation sites (N-methyl/N-ethyl adjacent to an activating group) is 1. The molecule has 0 radical (unpaired) electrons. The van der Waals surface area contributed by atoms with E-state index in [-0.39, 0.29) is 29.2 Å². The van der Waals surface area contributed by atoms with E-state index in [9.17, 15) is 13.2 Å². The number of carbonyl (C=O) groups excluding carboxylic acids is 1. The minimum atomic E-state index is -3.70. The molecule has 7 nitrogen and oxygen atoms in total. The van der Waals surface area contributed by atoms with Crippen molar-refractivity contribution in [3.05, 3.63) is 59.7 Å². The molecule has 2 aromatic rings. The largest absolute Gasteiger partial charge is 0.493 e. The Labute approximate surface area is 157 Å². The van der Waals surface area contributed by atoms with E-state index >= 15 is 0 Å². The molecular weight excluding hydrogens is 366 g/mol. The molecule has 0 fully saturated rings. The fourth-order valence-corrected chi connectivity index (χ4v) is 4.64. The van der Waals surface area contributed by atoms with Crippen LogP contribution in [0.25, 0.3) is 0 Å². The summed E-state index contributed by atoms with van der Waals surface area (Å²) in [5, 5.41) is 3.01. The van der Waals surface area contributed by atoms with Gasteiger partial charge in [0.15, 0.2) is 5.84 Å². The molecule has 140 valence electrons. The van der Waals surface area contributed by atoms with Gasteiger partial charge in [-0.2, -0.15) is 8.42 Å². The number of fused-ring (bicyclic) bond motifs is 2. The normalized spacial score (nSPS) is 19.3. The third-order valence-corrected chi connectivity index (χ3v) is 5.97. The molecule has 2 aliphatic rings. The molecule has 1 N–H and O–H groups in total. The molecule has 2 aliphatic heterocycles. The fourth-order valence-electron chi connectivity index (χ4n) is 3.39. The molecule has 27 heavy (non-hydrogen) atoms. The van der Waals surface area contributed by atoms with E-state index in [1.807, 2.05) is 24.3 Å². The molecule has 0 aliphatic carbocycles. The highest BCUT2D eigenvalue weighted by Gasteiger charge is 2.31. The van der Waals surface area contributed by atoms with Crippen LogP contribution in [0.15, 0.2) is 57.8 Å². The van der Waals surface area contributed by atoms with Crippen molar-refractivity contribution in [2.24, 2.45) is 4.40 Å². The Morgan fingerprint density at radius 3 is 2.81 bits per heavy atom. The molecule has 1 amide bonds. The molecule has 0 saturated carbocycles. The first kappa shape index (κ1) is 17.5. The standard InChI is InChI=1S/C19H19N3O4S/c1-22(19-14-7-3-5-9-17(14)27(24,25)21-19)12-18(23)20-15-10-11-26-16-8-4-2-6-13(15)16/h2-9,15H,10-12H2,1H3,(H,20,23)/t15-/m0/s1. The first-order valence-corrected chi connectivity index (χ1v) is 10.1. The van der Waals surface area contributed by atoms with Crippen molar-refractivity contribution in [1.29, 1.82) is 0 Å². The van der Waals surface area contributed by atoms with Gasteiger partial charge < -0.3 is 15.0 Å². The number of para-hydroxylation sites is 1. The van der Waals surface area contributed by atoms with Crippen LogP contribution in [-0.4, -0.2) is 45.3 Å². The van der Waals surface area contributed by atoms with Gasteiger partial charge in [-0.15, -0.1) is 4.40 Å². The van der Waals surface area contributed by atoms with Crippen LogP contribution < -0.4 is 10.1 Å². The molecular formula is C19H19N3O4S. The first-order chi connectivity index (χ1) is 13.0. The lowest BCUT2D eigenvalue weighted by Gasteiger charge is -2.27. The van der Waals surface area contributed by atoms with Gasteiger partial charge in [-0.05, 0) is 18.2 Å². The van der Waals surface area contributed by atoms with Crippen LogP contribution in [0, 0.1) is 0 Å². The molecule has 0 bridgehead atoms. The predicted molar refractivity (Wildman–Crippen MR) is 100 cm³/mol. The summed E-state index contributed by atoms with van der Waals surface area (Å²) in [7, 11) is -2.04. The van der Waals surface area contributed by atoms with E-state index in [1.165, 1.54) is 6.07 Å². The predicted octanol–water partition coefficient (Wildman–Crippen LogP) is 1.71. The molecule has 2 heterocycles. The number of amides is 1. The molecule has 0 saturated heterocycles. The van der Waals surface area contributed by atoms with Crippen molar-refractivity contribution in [3.8, 4) is 5.75 Å². The second-order valence-corrected chi connectivity index (χ2v) is 8.11. The van der Waals surface area contributed by atoms with Crippen molar-refractivity contribution >= 4 is 21.8 Å². The first-order valence-electron chi connectivity index (χ1n) is 8.62. The second kappa shape index (κ2) is 6.70. The minimum Gasteiger partial charge on any atom is -0.493 e. The Morgan fingerprint density at radius 1 is 1.22 bits per heavy atom. The maximum Gasteiger partial charge on any atom is 0.285 e. The average molecular weight is 385 g/mol. The van der Waals surface area contributed by atoms with Gasteiger partial charge in [-0.1, -0.05) is 30.3 Å². The molecule has 1 atom stereocenters. The Balaban J connectivity index is 1.49. The van der Waals surface area contributed by atoms with Crippen molar-refractivity contribution in [2.75, 3.05) is 20.2 Å². The zero-order chi connectivity index (χ0) is 19.0. The van der Waals surface area contributed by atoms with Crippen molar-refractivity contribution < 1.29 is 17.9 Å². The highest BCUT2D eigenvalue weighted by molar-refractivity contribution is 7.90. The van der Waals surface area contributed by atoms with Gasteiger partial charge in [0.05, 0.1) is 19.2 Å². The number of ether oxygens (including phenoxy) is 1. The van der Waals surface area contributed by atoms with Crippen LogP contribution in [0.4, 0.5) is 0 Å². The summed E-state index contributed by atoms with van der Waals surface area (Å²) < 4.78 is 33.8. The maximum absolute atomic E-state index is 12.6. The van der Waals surface area contributed by atoms with E-state index < -0.39 is 10.0 Å². The lowest BCUT2D eigenvalue weighted by atomic mass is 10.0. The molecule has 0 aromatic heterocycles. The van der Waals surface area contributed by atoms with E-state index in [1.54, 1.807) is 30.1 Å². The Bertz CT molecular complexity index is 1030. The van der Waals surface area contributed by atoms with Gasteiger partial charge >= 0.3 is 0 Å². The molecule has 8 heteroatoms. The van der Waals surface area contributed by atoms with Crippen molar-refractivity contribution in [1.82, 2.24) is 10.2 Å². The van der Waals surface area contributed by atoms with Crippen LogP contribution in [0.3, 0.4) is 0 Å². The summed E-state index contributed by atoms with van der Waals surface area (Å²) in [6.07, 6.45) is 0.685. The van der Waals surface area contributed by atoms with Crippen molar-refractivity contribution in [2.45, 2.75) is 17.4 Å². The Morgan fingerprint density at radius 2 is 1.96 bits per heavy atom. The zero-order valence-corrected chi connectivity index (χ0v) is 15.6. The maximum atomic E-state index is 12.6. The summed E-state index contributed by atoms with van der Waals surface area (Å²) in [6.45, 7) is 0.540. The van der Waals surface area contributed by atoms with Crippen molar-refractivity contribution in [3.63, 3.8) is 0 Å². The monoisotopic (exact) mass is 385 g/mol. The van der Waals surface area contributed by atoms with Crippen LogP contribution in [0.5, 0.6) is 5.75 Å². The van der Waals surface area contributed by atoms with Crippen LogP contribution in [-0.2, 0) is 14.8 Å². The van der Waals surface area contributed by atoms with Crippen LogP contribution in [0.2, 0.25) is 0 Å². The lowest BCUT2D eigenvalue weighted by Crippen LogP contribution is -2.40. The summed E-state index contributed by atoms with van der Waals surface area (Å²) in [4.78, 5) is 14.3. The van der Waals surface area contributed by atoms with Gasteiger partial charge in [0.1, 0.15) is 10.6 Å². The lowest BCUT2D eigenvalue weighted by molar-refractivity contribution is -0.122. The SMILES string of the molecule is CN(CC(=O)N[C@H]1CCOc2ccccc21)C1=NS(=O)(=O)c2ccccc21. The van der Waals surface area contributed by atoms with Gasteiger partial charge in [0.2, 0.25) is 5.91 Å². The molecule has 4 rings (SSSR count). The number of nitrogens with zero attached hydrogens (tertiary/aromatic N) is 2. The number of carbonyl (C=O) groups is 1. The van der Waals surface area contributed by atoms with Crippen LogP contribution >= 0.6 is 0 Å². The molecule has 2 aromatic carbocycles. The Kier molecular flexibility index (Phi) is 4.35. The number of rotatable bonds is 3. The Hall–Kier alpha value is -2.87. The second-order valence-electron chi connectivity index (χ2n) is 6.54. The number of amidine groups is 1. The van der Waals surface area contributed by atoms with Gasteiger partial charge in [0.25, 0.3) is 10.0 Å². The smallest absolute Gasteiger partial charge is 0.285 e. The van der Waals surface area contributed by atoms with E-state index in [4.69, 9.17) is 4.74 Å². The summed E-state index contributed by atoms with van der Waals surface area (Å²) in [6, 6.07) is 14.1. The highest BCUT2D eigenvalue weighted by Crippen LogP contribution is 2.31. The average Bonchev–Trinajstić information content (AvgIpc) is 2.94. The number of nitrogens with one attached hydrogen (secondary N) is 1. The number of hydrogen-bond donors (Lipinski definition) is 1. The van der Waals surface area contributed by atoms with E-state index in [0.717, 1.165) is 11.3 Å². The van der Waals surface area contributed by atoms with E-state index in [2.05, 4.69) is 9.71 Å². The topological polar surface area (TPSA) is 88.1 Å². The van der Waals surface area contributed by atoms with Gasteiger partial charge in [-0.3, -0.25) is 4.79 Å². The number of sulfonamides is 1. The fraction of sp³-hybridized carbons (Fsp3) is 0.263. The third kappa shape index (κ3) is 3.28. The molecule has 0 spiro atoms. The summed E-state index contributed by atoms with van der Waals surface area (Å²) in [5.41, 5.74) is 1.47. The third-order valence-electron chi connectivity index (χ3n) is 4.65. The van der Waals surface area contributed by atoms with Gasteiger partial charge in [0, 0.05) is 24.6 Å². The highest BCUT2D eigenvalue weighted by atomic mass is 32.2. The minimum absolute atomic E-state index is 0.00219. The van der Waals surface area contributed by atoms with E-state index in [0.29, 0.717) is 18.6 Å². The number of hydrogen-bond acceptors (Lipinski definition) is 5. The molecule has 0 unspecified atom stereocenters. The summed E-state index contributed by atoms with van der Waals surface area (Å²) >= 11 is 0. The quantitative estimate of drug-likeness (QED) is 0.869. The van der Waals surface area contributed by atoms with Gasteiger partial charge in [-0.25, -0.2) is 0 Å². The number of benzene rings is 2. The summed E-state index contributed by atoms with van der Waals surface area (Å²) in [5.74, 6) is 0.861. The zero-order valence-electron chi connectivity index (χ0n) is 14.8. The van der Waals surface area contributed by atoms with Crippen LogP contribution in [0.1, 0.15) is 23.6 Å².